The van der Waals surface area contributed by atoms with E-state index < -0.39 is 0 Å². The van der Waals surface area contributed by atoms with Crippen molar-refractivity contribution in [2.24, 2.45) is 0 Å². The largest absolute Gasteiger partial charge is 0.507 e. The zero-order chi connectivity index (χ0) is 20.8. The van der Waals surface area contributed by atoms with Gasteiger partial charge in [0.25, 0.3) is 0 Å². The van der Waals surface area contributed by atoms with Crippen molar-refractivity contribution in [3.8, 4) is 22.6 Å². The van der Waals surface area contributed by atoms with E-state index in [4.69, 9.17) is 4.74 Å². The number of benzene rings is 1. The van der Waals surface area contributed by atoms with Gasteiger partial charge in [0.15, 0.2) is 0 Å². The Morgan fingerprint density at radius 2 is 2.10 bits per heavy atom. The number of hydrogen-bond donors (Lipinski definition) is 1. The van der Waals surface area contributed by atoms with Gasteiger partial charge in [0.1, 0.15) is 11.5 Å². The van der Waals surface area contributed by atoms with E-state index in [1.807, 2.05) is 19.2 Å². The van der Waals surface area contributed by atoms with Crippen molar-refractivity contribution in [3.05, 3.63) is 65.7 Å². The third-order valence-corrected chi connectivity index (χ3v) is 5.77. The number of allylic oxidation sites excluding steroid dienone is 2. The van der Waals surface area contributed by atoms with Crippen molar-refractivity contribution in [2.75, 3.05) is 0 Å². The Kier molecular flexibility index (Phi) is 7.13. The first kappa shape index (κ1) is 21.2. The summed E-state index contributed by atoms with van der Waals surface area (Å²) < 4.78 is 5.83. The summed E-state index contributed by atoms with van der Waals surface area (Å²) in [6, 6.07) is 6.17. The Balaban J connectivity index is 2.21. The Morgan fingerprint density at radius 3 is 2.79 bits per heavy atom. The standard InChI is InChI=1S/C26H33NO2/c1-5-7-8-11-21-17-23(29-6-2)25(20-12-9-10-18(3)15-20)26(28)24(21)22-13-14-27-19(4)16-22/h6,13-17,20,28H,2,5,7-12H2,1,3-4H3/t20-/m0/s1. The predicted octanol–water partition coefficient (Wildman–Crippen LogP) is 7.23. The molecule has 0 bridgehead atoms. The zero-order valence-electron chi connectivity index (χ0n) is 18.0. The molecule has 1 aliphatic carbocycles. The average Bonchev–Trinajstić information content (AvgIpc) is 2.68. The van der Waals surface area contributed by atoms with Gasteiger partial charge in [-0.1, -0.05) is 38.0 Å². The van der Waals surface area contributed by atoms with Crippen molar-refractivity contribution in [1.29, 1.82) is 0 Å². The molecule has 0 unspecified atom stereocenters. The molecular weight excluding hydrogens is 358 g/mol. The number of unbranched alkanes of at least 4 members (excludes halogenated alkanes) is 2. The minimum atomic E-state index is 0.157. The average molecular weight is 392 g/mol. The first-order chi connectivity index (χ1) is 14.0. The third kappa shape index (κ3) is 4.90. The molecule has 1 heterocycles. The smallest absolute Gasteiger partial charge is 0.134 e. The first-order valence-electron chi connectivity index (χ1n) is 10.8. The molecule has 154 valence electrons. The van der Waals surface area contributed by atoms with Crippen LogP contribution in [0.4, 0.5) is 0 Å². The molecule has 3 nitrogen and oxygen atoms in total. The van der Waals surface area contributed by atoms with E-state index in [0.29, 0.717) is 5.75 Å². The number of ether oxygens (including phenoxy) is 1. The van der Waals surface area contributed by atoms with Gasteiger partial charge in [-0.05, 0) is 75.3 Å². The van der Waals surface area contributed by atoms with E-state index in [9.17, 15) is 5.11 Å². The molecule has 1 aliphatic rings. The van der Waals surface area contributed by atoms with Crippen LogP contribution in [-0.4, -0.2) is 10.1 Å². The van der Waals surface area contributed by atoms with Crippen LogP contribution in [0.2, 0.25) is 0 Å². The maximum atomic E-state index is 11.6. The molecule has 3 rings (SSSR count). The summed E-state index contributed by atoms with van der Waals surface area (Å²) in [5.41, 5.74) is 6.27. The maximum absolute atomic E-state index is 11.6. The quantitative estimate of drug-likeness (QED) is 0.293. The van der Waals surface area contributed by atoms with Gasteiger partial charge in [-0.25, -0.2) is 0 Å². The summed E-state index contributed by atoms with van der Waals surface area (Å²) in [6.07, 6.45) is 13.2. The highest BCUT2D eigenvalue weighted by atomic mass is 16.5. The van der Waals surface area contributed by atoms with Gasteiger partial charge < -0.3 is 9.84 Å². The van der Waals surface area contributed by atoms with E-state index in [0.717, 1.165) is 72.2 Å². The number of phenols is 1. The highest BCUT2D eigenvalue weighted by Crippen LogP contribution is 2.47. The highest BCUT2D eigenvalue weighted by molar-refractivity contribution is 5.78. The van der Waals surface area contributed by atoms with E-state index in [1.54, 1.807) is 0 Å². The van der Waals surface area contributed by atoms with Crippen LogP contribution >= 0.6 is 0 Å². The number of hydrogen-bond acceptors (Lipinski definition) is 3. The minimum Gasteiger partial charge on any atom is -0.507 e. The summed E-state index contributed by atoms with van der Waals surface area (Å²) in [7, 11) is 0. The fourth-order valence-electron chi connectivity index (χ4n) is 4.38. The number of rotatable bonds is 8. The van der Waals surface area contributed by atoms with Crippen LogP contribution in [0.1, 0.15) is 75.1 Å². The summed E-state index contributed by atoms with van der Waals surface area (Å²) in [6.45, 7) is 10.1. The molecule has 0 spiro atoms. The van der Waals surface area contributed by atoms with Crippen LogP contribution in [0.25, 0.3) is 11.1 Å². The molecule has 0 fully saturated rings. The molecule has 1 aromatic heterocycles. The lowest BCUT2D eigenvalue weighted by Gasteiger charge is -2.25. The topological polar surface area (TPSA) is 42.4 Å². The number of aromatic nitrogens is 1. The van der Waals surface area contributed by atoms with Crippen LogP contribution in [0, 0.1) is 6.92 Å². The van der Waals surface area contributed by atoms with Crippen LogP contribution in [0.3, 0.4) is 0 Å². The molecule has 0 saturated heterocycles. The van der Waals surface area contributed by atoms with Gasteiger partial charge in [-0.15, -0.1) is 0 Å². The van der Waals surface area contributed by atoms with Gasteiger partial charge in [0.2, 0.25) is 0 Å². The summed E-state index contributed by atoms with van der Waals surface area (Å²) >= 11 is 0. The maximum Gasteiger partial charge on any atom is 0.134 e. The lowest BCUT2D eigenvalue weighted by Crippen LogP contribution is -2.07. The van der Waals surface area contributed by atoms with Crippen LogP contribution < -0.4 is 4.74 Å². The lowest BCUT2D eigenvalue weighted by molar-refractivity contribution is 0.434. The van der Waals surface area contributed by atoms with Crippen molar-refractivity contribution in [2.45, 2.75) is 71.6 Å². The summed E-state index contributed by atoms with van der Waals surface area (Å²) in [4.78, 5) is 4.34. The van der Waals surface area contributed by atoms with Crippen LogP contribution in [0.15, 0.2) is 48.9 Å². The Morgan fingerprint density at radius 1 is 1.28 bits per heavy atom. The fourth-order valence-corrected chi connectivity index (χ4v) is 4.38. The van der Waals surface area contributed by atoms with E-state index in [-0.39, 0.29) is 5.92 Å². The molecule has 2 aromatic rings. The molecule has 3 heteroatoms. The van der Waals surface area contributed by atoms with Crippen LogP contribution in [0.5, 0.6) is 11.5 Å². The number of nitrogens with zero attached hydrogens (tertiary/aromatic N) is 1. The first-order valence-corrected chi connectivity index (χ1v) is 10.8. The van der Waals surface area contributed by atoms with Gasteiger partial charge in [0.05, 0.1) is 6.26 Å². The van der Waals surface area contributed by atoms with Crippen molar-refractivity contribution in [1.82, 2.24) is 4.98 Å². The van der Waals surface area contributed by atoms with Crippen LogP contribution in [-0.2, 0) is 6.42 Å². The van der Waals surface area contributed by atoms with E-state index in [2.05, 4.69) is 43.6 Å². The monoisotopic (exact) mass is 391 g/mol. The minimum absolute atomic E-state index is 0.157. The molecule has 0 saturated carbocycles. The lowest BCUT2D eigenvalue weighted by atomic mass is 9.82. The molecule has 29 heavy (non-hydrogen) atoms. The molecular formula is C26H33NO2. The summed E-state index contributed by atoms with van der Waals surface area (Å²) in [5.74, 6) is 1.23. The van der Waals surface area contributed by atoms with Gasteiger partial charge in [-0.3, -0.25) is 4.98 Å². The Labute approximate surface area is 175 Å². The second-order valence-corrected chi connectivity index (χ2v) is 8.11. The van der Waals surface area contributed by atoms with E-state index >= 15 is 0 Å². The molecule has 0 amide bonds. The number of aryl methyl sites for hydroxylation is 2. The predicted molar refractivity (Wildman–Crippen MR) is 120 cm³/mol. The number of phenolic OH excluding ortho intramolecular Hbond substituents is 1. The second-order valence-electron chi connectivity index (χ2n) is 8.11. The van der Waals surface area contributed by atoms with Gasteiger partial charge in [0, 0.05) is 28.9 Å². The summed E-state index contributed by atoms with van der Waals surface area (Å²) in [5, 5.41) is 11.6. The van der Waals surface area contributed by atoms with Gasteiger partial charge >= 0.3 is 0 Å². The number of pyridine rings is 1. The Hall–Kier alpha value is -2.55. The normalized spacial score (nSPS) is 16.4. The van der Waals surface area contributed by atoms with E-state index in [1.165, 1.54) is 18.3 Å². The number of aromatic hydroxyl groups is 1. The highest BCUT2D eigenvalue weighted by Gasteiger charge is 2.26. The molecule has 1 atom stereocenters. The molecule has 0 aliphatic heterocycles. The fraction of sp³-hybridized carbons (Fsp3) is 0.423. The van der Waals surface area contributed by atoms with Gasteiger partial charge in [-0.2, -0.15) is 0 Å². The SMILES string of the molecule is C=COc1cc(CCCCC)c(-c2ccnc(C)c2)c(O)c1[C@@H]1C=C(C)CCC1. The Bertz CT molecular complexity index is 898. The van der Waals surface area contributed by atoms with Crippen molar-refractivity contribution >= 4 is 0 Å². The van der Waals surface area contributed by atoms with Crippen molar-refractivity contribution in [3.63, 3.8) is 0 Å². The zero-order valence-corrected chi connectivity index (χ0v) is 18.0. The third-order valence-electron chi connectivity index (χ3n) is 5.77. The molecule has 1 aromatic carbocycles. The van der Waals surface area contributed by atoms with Crippen molar-refractivity contribution < 1.29 is 9.84 Å². The molecule has 0 radical (unpaired) electrons. The second kappa shape index (κ2) is 9.78. The molecule has 1 N–H and O–H groups in total.